The zero-order valence-electron chi connectivity index (χ0n) is 20.1. The molecule has 0 saturated carbocycles. The van der Waals surface area contributed by atoms with Crippen LogP contribution in [0, 0.1) is 23.0 Å². The molecule has 37 heavy (non-hydrogen) atoms. The van der Waals surface area contributed by atoms with Crippen LogP contribution in [0.3, 0.4) is 0 Å². The van der Waals surface area contributed by atoms with Crippen LogP contribution in [0.1, 0.15) is 21.0 Å². The number of rotatable bonds is 6. The van der Waals surface area contributed by atoms with Crippen LogP contribution < -0.4 is 10.1 Å². The molecular weight excluding hydrogens is 506 g/mol. The highest BCUT2D eigenvalue weighted by atomic mass is 35.5. The standard InChI is InChI=1S/C25H23ClF2N6O3/c1-32-8-10-34(11-9-32)25(36)16-4-3-15(13-18(16)26)31-24(35)23-30-14-19(33(23)2)17-5-6-20(37-12-7-29)22(28)21(17)27/h3-6,13-14H,8-12H2,1-2H3,(H,31,35). The van der Waals surface area contributed by atoms with Crippen molar-refractivity contribution in [2.45, 2.75) is 0 Å². The maximum absolute atomic E-state index is 14.7. The Morgan fingerprint density at radius 1 is 1.14 bits per heavy atom. The number of hydrogen-bond acceptors (Lipinski definition) is 6. The summed E-state index contributed by atoms with van der Waals surface area (Å²) < 4.78 is 35.2. The van der Waals surface area contributed by atoms with Gasteiger partial charge in [0.05, 0.1) is 22.5 Å². The minimum Gasteiger partial charge on any atom is -0.476 e. The van der Waals surface area contributed by atoms with Crippen molar-refractivity contribution in [3.63, 3.8) is 0 Å². The highest BCUT2D eigenvalue weighted by molar-refractivity contribution is 6.34. The van der Waals surface area contributed by atoms with Crippen LogP contribution in [-0.2, 0) is 7.05 Å². The quantitative estimate of drug-likeness (QED) is 0.525. The average Bonchev–Trinajstić information content (AvgIpc) is 3.26. The Labute approximate surface area is 216 Å². The molecule has 1 saturated heterocycles. The zero-order chi connectivity index (χ0) is 26.7. The number of imidazole rings is 1. The Bertz CT molecular complexity index is 1400. The molecule has 0 atom stereocenters. The highest BCUT2D eigenvalue weighted by Crippen LogP contribution is 2.30. The van der Waals surface area contributed by atoms with Crippen molar-refractivity contribution in [2.75, 3.05) is 45.2 Å². The fourth-order valence-electron chi connectivity index (χ4n) is 3.96. The first kappa shape index (κ1) is 26.1. The van der Waals surface area contributed by atoms with E-state index < -0.39 is 29.9 Å². The molecule has 1 aliphatic heterocycles. The molecule has 4 rings (SSSR count). The van der Waals surface area contributed by atoms with Gasteiger partial charge >= 0.3 is 0 Å². The third kappa shape index (κ3) is 5.40. The van der Waals surface area contributed by atoms with Crippen molar-refractivity contribution >= 4 is 29.1 Å². The normalized spacial score (nSPS) is 13.8. The van der Waals surface area contributed by atoms with Crippen LogP contribution in [0.5, 0.6) is 5.75 Å². The van der Waals surface area contributed by atoms with E-state index in [9.17, 15) is 18.4 Å². The van der Waals surface area contributed by atoms with Crippen LogP contribution in [0.25, 0.3) is 11.3 Å². The van der Waals surface area contributed by atoms with E-state index >= 15 is 0 Å². The van der Waals surface area contributed by atoms with Crippen molar-refractivity contribution in [2.24, 2.45) is 7.05 Å². The Balaban J connectivity index is 1.50. The first-order valence-electron chi connectivity index (χ1n) is 11.3. The molecule has 2 heterocycles. The number of nitriles is 1. The van der Waals surface area contributed by atoms with Gasteiger partial charge in [-0.1, -0.05) is 11.6 Å². The number of aromatic nitrogens is 2. The first-order chi connectivity index (χ1) is 17.7. The molecule has 0 radical (unpaired) electrons. The van der Waals surface area contributed by atoms with Crippen molar-refractivity contribution in [3.05, 3.63) is 64.6 Å². The first-order valence-corrected chi connectivity index (χ1v) is 11.7. The monoisotopic (exact) mass is 528 g/mol. The largest absolute Gasteiger partial charge is 0.476 e. The van der Waals surface area contributed by atoms with E-state index in [4.69, 9.17) is 21.6 Å². The molecule has 1 fully saturated rings. The van der Waals surface area contributed by atoms with Crippen LogP contribution in [0.15, 0.2) is 36.5 Å². The number of carbonyl (C=O) groups is 2. The molecule has 9 nitrogen and oxygen atoms in total. The fourth-order valence-corrected chi connectivity index (χ4v) is 4.22. The molecule has 2 amide bonds. The minimum absolute atomic E-state index is 0.0617. The summed E-state index contributed by atoms with van der Waals surface area (Å²) in [6.45, 7) is 2.33. The number of amides is 2. The predicted octanol–water partition coefficient (Wildman–Crippen LogP) is 3.56. The van der Waals surface area contributed by atoms with E-state index in [1.54, 1.807) is 23.1 Å². The van der Waals surface area contributed by atoms with Gasteiger partial charge in [-0.25, -0.2) is 9.37 Å². The third-order valence-corrected chi connectivity index (χ3v) is 6.37. The molecule has 1 aliphatic rings. The number of halogens is 3. The number of anilines is 1. The summed E-state index contributed by atoms with van der Waals surface area (Å²) in [5.41, 5.74) is 0.694. The summed E-state index contributed by atoms with van der Waals surface area (Å²) in [4.78, 5) is 33.6. The minimum atomic E-state index is -1.25. The summed E-state index contributed by atoms with van der Waals surface area (Å²) >= 11 is 6.36. The van der Waals surface area contributed by atoms with Crippen LogP contribution in [-0.4, -0.2) is 71.0 Å². The lowest BCUT2D eigenvalue weighted by molar-refractivity contribution is 0.0664. The number of nitrogens with one attached hydrogen (secondary N) is 1. The lowest BCUT2D eigenvalue weighted by Crippen LogP contribution is -2.47. The molecule has 1 aromatic heterocycles. The van der Waals surface area contributed by atoms with E-state index in [1.807, 2.05) is 7.05 Å². The number of hydrogen-bond donors (Lipinski definition) is 1. The Hall–Kier alpha value is -4.01. The molecule has 1 N–H and O–H groups in total. The van der Waals surface area contributed by atoms with E-state index in [0.717, 1.165) is 13.1 Å². The van der Waals surface area contributed by atoms with Crippen molar-refractivity contribution in [3.8, 4) is 23.1 Å². The van der Waals surface area contributed by atoms with Gasteiger partial charge in [0.25, 0.3) is 11.8 Å². The van der Waals surface area contributed by atoms with Crippen LogP contribution >= 0.6 is 11.6 Å². The number of piperazine rings is 1. The van der Waals surface area contributed by atoms with E-state index in [1.165, 1.54) is 36.0 Å². The van der Waals surface area contributed by atoms with Gasteiger partial charge in [-0.3, -0.25) is 9.59 Å². The summed E-state index contributed by atoms with van der Waals surface area (Å²) in [5.74, 6) is -3.69. The van der Waals surface area contributed by atoms with Gasteiger partial charge in [0.2, 0.25) is 5.82 Å². The Morgan fingerprint density at radius 3 is 2.54 bits per heavy atom. The number of nitrogens with zero attached hydrogens (tertiary/aromatic N) is 5. The third-order valence-electron chi connectivity index (χ3n) is 6.05. The molecule has 0 unspecified atom stereocenters. The SMILES string of the molecule is CN1CCN(C(=O)c2ccc(NC(=O)c3ncc(-c4ccc(OCC#N)c(F)c4F)n3C)cc2Cl)CC1. The van der Waals surface area contributed by atoms with Crippen molar-refractivity contribution < 1.29 is 23.1 Å². The number of ether oxygens (including phenoxy) is 1. The summed E-state index contributed by atoms with van der Waals surface area (Å²) in [6.07, 6.45) is 1.24. The second-order valence-corrected chi connectivity index (χ2v) is 8.86. The molecule has 0 aliphatic carbocycles. The smallest absolute Gasteiger partial charge is 0.291 e. The Morgan fingerprint density at radius 2 is 1.86 bits per heavy atom. The van der Waals surface area contributed by atoms with Gasteiger partial charge in [0.15, 0.2) is 24.0 Å². The summed E-state index contributed by atoms with van der Waals surface area (Å²) in [7, 11) is 3.48. The molecule has 192 valence electrons. The van der Waals surface area contributed by atoms with Gasteiger partial charge in [0, 0.05) is 44.5 Å². The van der Waals surface area contributed by atoms with E-state index in [0.29, 0.717) is 24.3 Å². The molecule has 3 aromatic rings. The molecular formula is C25H23ClF2N6O3. The van der Waals surface area contributed by atoms with Crippen LogP contribution in [0.2, 0.25) is 5.02 Å². The Kier molecular flexibility index (Phi) is 7.71. The summed E-state index contributed by atoms with van der Waals surface area (Å²) in [6, 6.07) is 8.75. The maximum atomic E-state index is 14.7. The van der Waals surface area contributed by atoms with Gasteiger partial charge in [-0.15, -0.1) is 0 Å². The van der Waals surface area contributed by atoms with Gasteiger partial charge in [0.1, 0.15) is 6.07 Å². The zero-order valence-corrected chi connectivity index (χ0v) is 20.9. The number of carbonyl (C=O) groups excluding carboxylic acids is 2. The maximum Gasteiger partial charge on any atom is 0.291 e. The molecule has 2 aromatic carbocycles. The molecule has 12 heteroatoms. The van der Waals surface area contributed by atoms with E-state index in [2.05, 4.69) is 15.2 Å². The lowest BCUT2D eigenvalue weighted by Gasteiger charge is -2.32. The van der Waals surface area contributed by atoms with Gasteiger partial charge < -0.3 is 24.4 Å². The van der Waals surface area contributed by atoms with Gasteiger partial charge in [-0.2, -0.15) is 9.65 Å². The topological polar surface area (TPSA) is 103 Å². The highest BCUT2D eigenvalue weighted by Gasteiger charge is 2.24. The predicted molar refractivity (Wildman–Crippen MR) is 132 cm³/mol. The fraction of sp³-hybridized carbons (Fsp3) is 0.280. The van der Waals surface area contributed by atoms with E-state index in [-0.39, 0.29) is 28.0 Å². The van der Waals surface area contributed by atoms with Gasteiger partial charge in [-0.05, 0) is 37.4 Å². The number of likely N-dealkylation sites (N-methyl/N-ethyl adjacent to an activating group) is 1. The van der Waals surface area contributed by atoms with Crippen LogP contribution in [0.4, 0.5) is 14.5 Å². The lowest BCUT2D eigenvalue weighted by atomic mass is 10.1. The molecule has 0 bridgehead atoms. The van der Waals surface area contributed by atoms with Crippen molar-refractivity contribution in [1.29, 1.82) is 5.26 Å². The molecule has 0 spiro atoms. The second-order valence-electron chi connectivity index (χ2n) is 8.46. The second kappa shape index (κ2) is 10.9. The average molecular weight is 529 g/mol. The van der Waals surface area contributed by atoms with Crippen molar-refractivity contribution in [1.82, 2.24) is 19.4 Å². The summed E-state index contributed by atoms with van der Waals surface area (Å²) in [5, 5.41) is 11.4. The number of benzene rings is 2.